The molecule has 0 spiro atoms. The Morgan fingerprint density at radius 1 is 1.39 bits per heavy atom. The number of amides is 1. The van der Waals surface area contributed by atoms with Gasteiger partial charge in [0, 0.05) is 50.4 Å². The van der Waals surface area contributed by atoms with Crippen molar-refractivity contribution < 1.29 is 9.53 Å². The molecule has 7 heteroatoms. The highest BCUT2D eigenvalue weighted by Gasteiger charge is 2.17. The fraction of sp³-hybridized carbons (Fsp3) is 0.500. The van der Waals surface area contributed by atoms with Crippen molar-refractivity contribution in [2.24, 2.45) is 5.92 Å². The molecule has 3 heterocycles. The number of rotatable bonds is 6. The fourth-order valence-electron chi connectivity index (χ4n) is 2.57. The Morgan fingerprint density at radius 3 is 3.04 bits per heavy atom. The lowest BCUT2D eigenvalue weighted by Gasteiger charge is -2.21. The summed E-state index contributed by atoms with van der Waals surface area (Å²) in [4.78, 5) is 24.8. The van der Waals surface area contributed by atoms with E-state index in [0.29, 0.717) is 31.3 Å². The van der Waals surface area contributed by atoms with Crippen molar-refractivity contribution in [1.82, 2.24) is 20.3 Å². The third-order valence-electron chi connectivity index (χ3n) is 3.74. The molecule has 0 aliphatic carbocycles. The molecule has 3 rings (SSSR count). The molecule has 1 atom stereocenters. The first-order valence-corrected chi connectivity index (χ1v) is 8.75. The van der Waals surface area contributed by atoms with Crippen molar-refractivity contribution in [3.05, 3.63) is 29.5 Å². The van der Waals surface area contributed by atoms with Crippen LogP contribution in [-0.2, 0) is 16.0 Å². The standard InChI is InChI=1S/C16H20N4O2S/c21-14(9-12-3-1-8-22-10-12)17-7-4-13-11-23-16(20-13)15-18-5-2-6-19-15/h2,5-6,11-12H,1,3-4,7-10H2,(H,17,21)/t12-/m0/s1. The van der Waals surface area contributed by atoms with Gasteiger partial charge in [-0.25, -0.2) is 15.0 Å². The normalized spacial score (nSPS) is 17.8. The quantitative estimate of drug-likeness (QED) is 0.876. The van der Waals surface area contributed by atoms with Gasteiger partial charge >= 0.3 is 0 Å². The zero-order chi connectivity index (χ0) is 15.9. The molecule has 1 saturated heterocycles. The van der Waals surface area contributed by atoms with Crippen molar-refractivity contribution in [3.63, 3.8) is 0 Å². The summed E-state index contributed by atoms with van der Waals surface area (Å²) in [5.41, 5.74) is 0.957. The molecule has 1 aliphatic rings. The maximum Gasteiger partial charge on any atom is 0.220 e. The Balaban J connectivity index is 1.42. The zero-order valence-electron chi connectivity index (χ0n) is 12.9. The maximum absolute atomic E-state index is 11.9. The number of carbonyl (C=O) groups is 1. The highest BCUT2D eigenvalue weighted by molar-refractivity contribution is 7.13. The Morgan fingerprint density at radius 2 is 2.26 bits per heavy atom. The second-order valence-corrected chi connectivity index (χ2v) is 6.46. The number of ether oxygens (including phenoxy) is 1. The zero-order valence-corrected chi connectivity index (χ0v) is 13.7. The predicted molar refractivity (Wildman–Crippen MR) is 88.0 cm³/mol. The first-order valence-electron chi connectivity index (χ1n) is 7.87. The van der Waals surface area contributed by atoms with E-state index < -0.39 is 0 Å². The number of nitrogens with zero attached hydrogens (tertiary/aromatic N) is 3. The first-order chi connectivity index (χ1) is 11.3. The number of hydrogen-bond donors (Lipinski definition) is 1. The average molecular weight is 332 g/mol. The van der Waals surface area contributed by atoms with E-state index in [1.165, 1.54) is 11.3 Å². The van der Waals surface area contributed by atoms with Crippen molar-refractivity contribution in [2.75, 3.05) is 19.8 Å². The van der Waals surface area contributed by atoms with Gasteiger partial charge in [0.05, 0.1) is 5.69 Å². The van der Waals surface area contributed by atoms with Crippen molar-refractivity contribution in [1.29, 1.82) is 0 Å². The number of nitrogens with one attached hydrogen (secondary N) is 1. The number of aromatic nitrogens is 3. The van der Waals surface area contributed by atoms with Crippen LogP contribution >= 0.6 is 11.3 Å². The van der Waals surface area contributed by atoms with E-state index in [0.717, 1.165) is 36.6 Å². The van der Waals surface area contributed by atoms with E-state index in [-0.39, 0.29) is 5.91 Å². The van der Waals surface area contributed by atoms with E-state index in [4.69, 9.17) is 4.74 Å². The van der Waals surface area contributed by atoms with Crippen LogP contribution in [0.15, 0.2) is 23.8 Å². The summed E-state index contributed by atoms with van der Waals surface area (Å²) in [5, 5.41) is 5.77. The molecule has 1 amide bonds. The van der Waals surface area contributed by atoms with Gasteiger partial charge in [0.15, 0.2) is 10.8 Å². The number of hydrogen-bond acceptors (Lipinski definition) is 6. The highest BCUT2D eigenvalue weighted by atomic mass is 32.1. The molecule has 1 aliphatic heterocycles. The van der Waals surface area contributed by atoms with Crippen LogP contribution in [0.5, 0.6) is 0 Å². The van der Waals surface area contributed by atoms with Gasteiger partial charge in [-0.15, -0.1) is 11.3 Å². The largest absolute Gasteiger partial charge is 0.381 e. The van der Waals surface area contributed by atoms with Crippen LogP contribution in [0, 0.1) is 5.92 Å². The van der Waals surface area contributed by atoms with Gasteiger partial charge in [0.25, 0.3) is 0 Å². The molecule has 2 aromatic heterocycles. The van der Waals surface area contributed by atoms with Crippen LogP contribution in [0.2, 0.25) is 0 Å². The predicted octanol–water partition coefficient (Wildman–Crippen LogP) is 2.08. The molecule has 1 N–H and O–H groups in total. The van der Waals surface area contributed by atoms with E-state index in [1.807, 2.05) is 5.38 Å². The molecular weight excluding hydrogens is 312 g/mol. The summed E-state index contributed by atoms with van der Waals surface area (Å²) in [7, 11) is 0. The second kappa shape index (κ2) is 8.12. The lowest BCUT2D eigenvalue weighted by atomic mass is 9.98. The minimum absolute atomic E-state index is 0.0994. The van der Waals surface area contributed by atoms with Crippen LogP contribution in [0.1, 0.15) is 25.0 Å². The summed E-state index contributed by atoms with van der Waals surface area (Å²) < 4.78 is 5.40. The molecule has 122 valence electrons. The smallest absolute Gasteiger partial charge is 0.220 e. The molecule has 0 aromatic carbocycles. The minimum atomic E-state index is 0.0994. The van der Waals surface area contributed by atoms with Gasteiger partial charge in [-0.3, -0.25) is 4.79 Å². The fourth-order valence-corrected chi connectivity index (χ4v) is 3.37. The Kier molecular flexibility index (Phi) is 5.65. The van der Waals surface area contributed by atoms with Crippen LogP contribution in [0.25, 0.3) is 10.8 Å². The van der Waals surface area contributed by atoms with Gasteiger partial charge in [0.1, 0.15) is 0 Å². The summed E-state index contributed by atoms with van der Waals surface area (Å²) in [6.45, 7) is 2.14. The second-order valence-electron chi connectivity index (χ2n) is 5.60. The molecule has 23 heavy (non-hydrogen) atoms. The van der Waals surface area contributed by atoms with Gasteiger partial charge in [0.2, 0.25) is 5.91 Å². The SMILES string of the molecule is O=C(C[C@@H]1CCCOC1)NCCc1csc(-c2ncccn2)n1. The average Bonchev–Trinajstić information content (AvgIpc) is 3.05. The third kappa shape index (κ3) is 4.80. The molecular formula is C16H20N4O2S. The molecule has 0 radical (unpaired) electrons. The minimum Gasteiger partial charge on any atom is -0.381 e. The first kappa shape index (κ1) is 16.0. The molecule has 2 aromatic rings. The van der Waals surface area contributed by atoms with E-state index in [1.54, 1.807) is 18.5 Å². The summed E-state index contributed by atoms with van der Waals surface area (Å²) in [6, 6.07) is 1.78. The number of carbonyl (C=O) groups excluding carboxylic acids is 1. The third-order valence-corrected chi connectivity index (χ3v) is 4.63. The van der Waals surface area contributed by atoms with Crippen LogP contribution < -0.4 is 5.32 Å². The lowest BCUT2D eigenvalue weighted by Crippen LogP contribution is -2.30. The van der Waals surface area contributed by atoms with Gasteiger partial charge in [-0.2, -0.15) is 0 Å². The van der Waals surface area contributed by atoms with Crippen molar-refractivity contribution in [2.45, 2.75) is 25.7 Å². The van der Waals surface area contributed by atoms with Gasteiger partial charge in [-0.05, 0) is 24.8 Å². The van der Waals surface area contributed by atoms with E-state index in [2.05, 4.69) is 20.3 Å². The number of thiazole rings is 1. The monoisotopic (exact) mass is 332 g/mol. The highest BCUT2D eigenvalue weighted by Crippen LogP contribution is 2.20. The Labute approximate surface area is 139 Å². The van der Waals surface area contributed by atoms with Crippen LogP contribution in [0.3, 0.4) is 0 Å². The van der Waals surface area contributed by atoms with E-state index >= 15 is 0 Å². The van der Waals surface area contributed by atoms with Crippen LogP contribution in [-0.4, -0.2) is 40.6 Å². The molecule has 0 unspecified atom stereocenters. The van der Waals surface area contributed by atoms with E-state index in [9.17, 15) is 4.79 Å². The molecule has 0 saturated carbocycles. The van der Waals surface area contributed by atoms with Crippen LogP contribution in [0.4, 0.5) is 0 Å². The summed E-state index contributed by atoms with van der Waals surface area (Å²) >= 11 is 1.52. The topological polar surface area (TPSA) is 77.0 Å². The Bertz CT molecular complexity index is 626. The molecule has 1 fully saturated rings. The summed E-state index contributed by atoms with van der Waals surface area (Å²) in [6.07, 6.45) is 6.83. The van der Waals surface area contributed by atoms with Crippen molar-refractivity contribution in [3.8, 4) is 10.8 Å². The molecule has 6 nitrogen and oxygen atoms in total. The lowest BCUT2D eigenvalue weighted by molar-refractivity contribution is -0.123. The summed E-state index contributed by atoms with van der Waals surface area (Å²) in [5.74, 6) is 1.11. The Hall–Kier alpha value is -1.86. The molecule has 0 bridgehead atoms. The maximum atomic E-state index is 11.9. The van der Waals surface area contributed by atoms with Gasteiger partial charge in [-0.1, -0.05) is 0 Å². The van der Waals surface area contributed by atoms with Crippen molar-refractivity contribution >= 4 is 17.2 Å². The van der Waals surface area contributed by atoms with Gasteiger partial charge < -0.3 is 10.1 Å².